The molecule has 0 heterocycles. The van der Waals surface area contributed by atoms with E-state index in [9.17, 15) is 4.39 Å². The molecule has 0 saturated carbocycles. The molecule has 0 radical (unpaired) electrons. The molecule has 0 aliphatic heterocycles. The third-order valence-electron chi connectivity index (χ3n) is 3.09. The van der Waals surface area contributed by atoms with Gasteiger partial charge in [0.05, 0.1) is 5.02 Å². The van der Waals surface area contributed by atoms with Gasteiger partial charge in [0.2, 0.25) is 0 Å². The van der Waals surface area contributed by atoms with Crippen LogP contribution < -0.4 is 10.1 Å². The van der Waals surface area contributed by atoms with Crippen LogP contribution in [0.3, 0.4) is 0 Å². The molecule has 0 unspecified atom stereocenters. The smallest absolute Gasteiger partial charge is 0.138 e. The van der Waals surface area contributed by atoms with Crippen molar-refractivity contribution in [3.8, 4) is 5.75 Å². The molecular formula is C17H19ClFNO. The summed E-state index contributed by atoms with van der Waals surface area (Å²) >= 11 is 6.20. The lowest BCUT2D eigenvalue weighted by atomic mass is 10.2. The molecule has 4 heteroatoms. The second-order valence-corrected chi connectivity index (χ2v) is 5.23. The fourth-order valence-corrected chi connectivity index (χ4v) is 2.21. The van der Waals surface area contributed by atoms with Crippen molar-refractivity contribution >= 4 is 11.6 Å². The van der Waals surface area contributed by atoms with E-state index in [0.717, 1.165) is 25.1 Å². The molecule has 2 nitrogen and oxygen atoms in total. The highest BCUT2D eigenvalue weighted by molar-refractivity contribution is 6.32. The summed E-state index contributed by atoms with van der Waals surface area (Å²) in [6.07, 6.45) is 1.09. The molecule has 0 amide bonds. The van der Waals surface area contributed by atoms with Crippen LogP contribution in [0.25, 0.3) is 0 Å². The first kappa shape index (κ1) is 15.8. The van der Waals surface area contributed by atoms with Crippen molar-refractivity contribution in [2.75, 3.05) is 6.54 Å². The number of rotatable bonds is 7. The zero-order valence-corrected chi connectivity index (χ0v) is 12.8. The third-order valence-corrected chi connectivity index (χ3v) is 3.39. The minimum Gasteiger partial charge on any atom is -0.487 e. The number of benzene rings is 2. The van der Waals surface area contributed by atoms with Crippen molar-refractivity contribution in [1.82, 2.24) is 5.32 Å². The molecule has 0 bridgehead atoms. The summed E-state index contributed by atoms with van der Waals surface area (Å²) in [6.45, 7) is 4.05. The fourth-order valence-electron chi connectivity index (χ4n) is 1.95. The second-order valence-electron chi connectivity index (χ2n) is 4.82. The number of ether oxygens (including phenoxy) is 1. The van der Waals surface area contributed by atoms with Gasteiger partial charge in [0.25, 0.3) is 0 Å². The Morgan fingerprint density at radius 2 is 2.00 bits per heavy atom. The Morgan fingerprint density at radius 1 is 1.19 bits per heavy atom. The van der Waals surface area contributed by atoms with E-state index in [2.05, 4.69) is 12.2 Å². The molecule has 0 fully saturated rings. The van der Waals surface area contributed by atoms with Crippen LogP contribution in [0, 0.1) is 5.82 Å². The molecule has 2 rings (SSSR count). The second kappa shape index (κ2) is 8.01. The predicted octanol–water partition coefficient (Wildman–Crippen LogP) is 4.56. The van der Waals surface area contributed by atoms with Gasteiger partial charge in [-0.05, 0) is 36.7 Å². The number of nitrogens with one attached hydrogen (secondary N) is 1. The number of halogens is 2. The van der Waals surface area contributed by atoms with E-state index in [0.29, 0.717) is 16.3 Å². The van der Waals surface area contributed by atoms with E-state index in [4.69, 9.17) is 16.3 Å². The van der Waals surface area contributed by atoms with Gasteiger partial charge in [-0.2, -0.15) is 0 Å². The van der Waals surface area contributed by atoms with Crippen LogP contribution in [0.15, 0.2) is 42.5 Å². The molecule has 0 aliphatic rings. The summed E-state index contributed by atoms with van der Waals surface area (Å²) in [5.74, 6) is 0.299. The average molecular weight is 308 g/mol. The van der Waals surface area contributed by atoms with Crippen molar-refractivity contribution in [3.05, 3.63) is 64.4 Å². The Kier molecular flexibility index (Phi) is 6.03. The first-order chi connectivity index (χ1) is 10.2. The van der Waals surface area contributed by atoms with Gasteiger partial charge in [0.15, 0.2) is 0 Å². The zero-order valence-electron chi connectivity index (χ0n) is 12.0. The lowest BCUT2D eigenvalue weighted by Gasteiger charge is -2.10. The van der Waals surface area contributed by atoms with Crippen LogP contribution in [0.1, 0.15) is 24.5 Å². The summed E-state index contributed by atoms with van der Waals surface area (Å²) < 4.78 is 19.1. The van der Waals surface area contributed by atoms with E-state index in [-0.39, 0.29) is 12.4 Å². The quantitative estimate of drug-likeness (QED) is 0.757. The van der Waals surface area contributed by atoms with Gasteiger partial charge in [-0.25, -0.2) is 4.39 Å². The lowest BCUT2D eigenvalue weighted by Crippen LogP contribution is -2.13. The SMILES string of the molecule is CCCNCc1ccc(OCc2ccccc2F)c(Cl)c1. The molecule has 2 aromatic carbocycles. The maximum atomic E-state index is 13.5. The Balaban J connectivity index is 1.96. The Hall–Kier alpha value is -1.58. The van der Waals surface area contributed by atoms with E-state index in [1.54, 1.807) is 18.2 Å². The van der Waals surface area contributed by atoms with Crippen LogP contribution >= 0.6 is 11.6 Å². The van der Waals surface area contributed by atoms with Gasteiger partial charge in [0, 0.05) is 12.1 Å². The monoisotopic (exact) mass is 307 g/mol. The zero-order chi connectivity index (χ0) is 15.1. The molecule has 0 atom stereocenters. The van der Waals surface area contributed by atoms with Gasteiger partial charge >= 0.3 is 0 Å². The highest BCUT2D eigenvalue weighted by atomic mass is 35.5. The van der Waals surface area contributed by atoms with Crippen molar-refractivity contribution < 1.29 is 9.13 Å². The van der Waals surface area contributed by atoms with E-state index >= 15 is 0 Å². The maximum absolute atomic E-state index is 13.5. The first-order valence-electron chi connectivity index (χ1n) is 7.06. The number of hydrogen-bond donors (Lipinski definition) is 1. The molecule has 112 valence electrons. The highest BCUT2D eigenvalue weighted by Gasteiger charge is 2.06. The molecule has 2 aromatic rings. The van der Waals surface area contributed by atoms with Crippen molar-refractivity contribution in [2.45, 2.75) is 26.5 Å². The highest BCUT2D eigenvalue weighted by Crippen LogP contribution is 2.26. The predicted molar refractivity (Wildman–Crippen MR) is 84.2 cm³/mol. The molecular weight excluding hydrogens is 289 g/mol. The summed E-state index contributed by atoms with van der Waals surface area (Å²) in [5.41, 5.74) is 1.62. The van der Waals surface area contributed by atoms with E-state index in [1.807, 2.05) is 18.2 Å². The number of hydrogen-bond acceptors (Lipinski definition) is 2. The molecule has 0 aliphatic carbocycles. The topological polar surface area (TPSA) is 21.3 Å². The molecule has 0 saturated heterocycles. The largest absolute Gasteiger partial charge is 0.487 e. The van der Waals surface area contributed by atoms with Gasteiger partial charge in [-0.1, -0.05) is 42.8 Å². The minimum atomic E-state index is -0.269. The van der Waals surface area contributed by atoms with Crippen molar-refractivity contribution in [2.24, 2.45) is 0 Å². The van der Waals surface area contributed by atoms with Crippen LogP contribution in [-0.2, 0) is 13.2 Å². The molecule has 21 heavy (non-hydrogen) atoms. The summed E-state index contributed by atoms with van der Waals surface area (Å²) in [5, 5.41) is 3.86. The average Bonchev–Trinajstić information content (AvgIpc) is 2.48. The lowest BCUT2D eigenvalue weighted by molar-refractivity contribution is 0.300. The van der Waals surface area contributed by atoms with Gasteiger partial charge in [-0.3, -0.25) is 0 Å². The normalized spacial score (nSPS) is 10.6. The van der Waals surface area contributed by atoms with Crippen LogP contribution in [0.2, 0.25) is 5.02 Å². The van der Waals surface area contributed by atoms with Crippen LogP contribution in [0.4, 0.5) is 4.39 Å². The van der Waals surface area contributed by atoms with Crippen LogP contribution in [-0.4, -0.2) is 6.54 Å². The molecule has 0 aromatic heterocycles. The Bertz CT molecular complexity index is 589. The van der Waals surface area contributed by atoms with E-state index < -0.39 is 0 Å². The first-order valence-corrected chi connectivity index (χ1v) is 7.44. The third kappa shape index (κ3) is 4.73. The molecule has 0 spiro atoms. The van der Waals surface area contributed by atoms with Crippen molar-refractivity contribution in [1.29, 1.82) is 0 Å². The summed E-state index contributed by atoms with van der Waals surface area (Å²) in [6, 6.07) is 12.2. The Morgan fingerprint density at radius 3 is 2.71 bits per heavy atom. The van der Waals surface area contributed by atoms with Crippen LogP contribution in [0.5, 0.6) is 5.75 Å². The summed E-state index contributed by atoms with van der Waals surface area (Å²) in [4.78, 5) is 0. The maximum Gasteiger partial charge on any atom is 0.138 e. The Labute approximate surface area is 129 Å². The van der Waals surface area contributed by atoms with Gasteiger partial charge in [-0.15, -0.1) is 0 Å². The fraction of sp³-hybridized carbons (Fsp3) is 0.294. The standard InChI is InChI=1S/C17H19ClFNO/c1-2-9-20-11-13-7-8-17(15(18)10-13)21-12-14-5-3-4-6-16(14)19/h3-8,10,20H,2,9,11-12H2,1H3. The van der Waals surface area contributed by atoms with E-state index in [1.165, 1.54) is 6.07 Å². The van der Waals surface area contributed by atoms with Crippen molar-refractivity contribution in [3.63, 3.8) is 0 Å². The summed E-state index contributed by atoms with van der Waals surface area (Å²) in [7, 11) is 0. The van der Waals surface area contributed by atoms with Gasteiger partial charge < -0.3 is 10.1 Å². The van der Waals surface area contributed by atoms with Gasteiger partial charge in [0.1, 0.15) is 18.2 Å². The minimum absolute atomic E-state index is 0.166. The molecule has 1 N–H and O–H groups in total.